The number of rotatable bonds is 3. The van der Waals surface area contributed by atoms with Gasteiger partial charge in [-0.05, 0) is 61.8 Å². The van der Waals surface area contributed by atoms with Crippen molar-refractivity contribution in [2.24, 2.45) is 29.6 Å². The van der Waals surface area contributed by atoms with E-state index in [9.17, 15) is 19.5 Å². The minimum Gasteiger partial charge on any atom is -0.481 e. The van der Waals surface area contributed by atoms with Crippen LogP contribution >= 0.6 is 11.3 Å². The fraction of sp³-hybridized carbons (Fsp3) is 0.632. The van der Waals surface area contributed by atoms with Crippen LogP contribution in [0.2, 0.25) is 0 Å². The average molecular weight is 376 g/mol. The van der Waals surface area contributed by atoms with E-state index in [1.54, 1.807) is 11.3 Å². The Kier molecular flexibility index (Phi) is 4.50. The lowest BCUT2D eigenvalue weighted by atomic mass is 9.79. The zero-order valence-electron chi connectivity index (χ0n) is 14.8. The lowest BCUT2D eigenvalue weighted by Crippen LogP contribution is -2.48. The van der Waals surface area contributed by atoms with Gasteiger partial charge in [0.25, 0.3) is 5.91 Å². The molecule has 0 spiro atoms. The highest BCUT2D eigenvalue weighted by Crippen LogP contribution is 2.52. The van der Waals surface area contributed by atoms with Gasteiger partial charge in [-0.25, -0.2) is 0 Å². The van der Waals surface area contributed by atoms with Crippen LogP contribution in [0.25, 0.3) is 0 Å². The molecule has 0 aliphatic heterocycles. The van der Waals surface area contributed by atoms with Gasteiger partial charge in [-0.15, -0.1) is 11.3 Å². The van der Waals surface area contributed by atoms with Gasteiger partial charge in [-0.1, -0.05) is 6.92 Å². The van der Waals surface area contributed by atoms with Crippen LogP contribution in [0.4, 0.5) is 0 Å². The minimum absolute atomic E-state index is 0.0924. The largest absolute Gasteiger partial charge is 0.481 e. The van der Waals surface area contributed by atoms with Crippen LogP contribution in [-0.2, 0) is 22.4 Å². The Bertz CT molecular complexity index is 759. The number of fused-ring (bicyclic) bond motifs is 3. The molecule has 2 saturated carbocycles. The Labute approximate surface area is 156 Å². The number of amides is 2. The number of thiophene rings is 1. The maximum atomic E-state index is 12.6. The molecule has 7 heteroatoms. The third kappa shape index (κ3) is 2.92. The quantitative estimate of drug-likeness (QED) is 0.706. The number of carboxylic acids is 1. The van der Waals surface area contributed by atoms with Crippen LogP contribution < -0.4 is 10.9 Å². The van der Waals surface area contributed by atoms with Crippen molar-refractivity contribution in [3.05, 3.63) is 21.4 Å². The zero-order chi connectivity index (χ0) is 18.4. The van der Waals surface area contributed by atoms with Crippen molar-refractivity contribution >= 4 is 29.1 Å². The van der Waals surface area contributed by atoms with Crippen LogP contribution in [0.5, 0.6) is 0 Å². The highest BCUT2D eigenvalue weighted by atomic mass is 32.1. The summed E-state index contributed by atoms with van der Waals surface area (Å²) < 4.78 is 0. The number of hydrogen-bond donors (Lipinski definition) is 3. The number of carboxylic acid groups (broad SMARTS) is 1. The lowest BCUT2D eigenvalue weighted by Gasteiger charge is -2.27. The number of carbonyl (C=O) groups excluding carboxylic acids is 2. The zero-order valence-corrected chi connectivity index (χ0v) is 15.6. The van der Waals surface area contributed by atoms with Gasteiger partial charge in [0.05, 0.1) is 17.4 Å². The Morgan fingerprint density at radius 1 is 1.12 bits per heavy atom. The molecule has 26 heavy (non-hydrogen) atoms. The van der Waals surface area contributed by atoms with Crippen molar-refractivity contribution in [2.75, 3.05) is 0 Å². The summed E-state index contributed by atoms with van der Waals surface area (Å²) in [6.07, 6.45) is 5.56. The van der Waals surface area contributed by atoms with Gasteiger partial charge < -0.3 is 5.11 Å². The van der Waals surface area contributed by atoms with Crippen LogP contribution in [0.15, 0.2) is 5.38 Å². The Balaban J connectivity index is 1.41. The minimum atomic E-state index is -0.898. The fourth-order valence-electron chi connectivity index (χ4n) is 5.16. The van der Waals surface area contributed by atoms with Gasteiger partial charge in [-0.3, -0.25) is 25.2 Å². The van der Waals surface area contributed by atoms with Gasteiger partial charge in [0.15, 0.2) is 0 Å². The smallest absolute Gasteiger partial charge is 0.307 e. The molecule has 3 aliphatic carbocycles. The molecule has 1 heterocycles. The van der Waals surface area contributed by atoms with E-state index in [0.717, 1.165) is 44.1 Å². The third-order valence-corrected chi connectivity index (χ3v) is 7.50. The van der Waals surface area contributed by atoms with E-state index in [4.69, 9.17) is 0 Å². The molecule has 6 nitrogen and oxygen atoms in total. The van der Waals surface area contributed by atoms with Crippen LogP contribution in [0.1, 0.15) is 53.4 Å². The van der Waals surface area contributed by atoms with Gasteiger partial charge >= 0.3 is 5.97 Å². The first-order valence-electron chi connectivity index (χ1n) is 9.38. The van der Waals surface area contributed by atoms with Gasteiger partial charge in [0.2, 0.25) is 5.91 Å². The molecular weight excluding hydrogens is 352 g/mol. The monoisotopic (exact) mass is 376 g/mol. The van der Waals surface area contributed by atoms with E-state index < -0.39 is 17.8 Å². The standard InChI is InChI=1S/C19H24N2O4S/c1-9-2-5-12-13(8-26-14(12)6-9)17(22)20-21-18(23)15-10-3-4-11(7-10)16(15)19(24)25/h8-11,15-16H,2-7H2,1H3,(H,20,22)(H,21,23)(H,24,25). The Hall–Kier alpha value is -1.89. The summed E-state index contributed by atoms with van der Waals surface area (Å²) >= 11 is 1.61. The van der Waals surface area contributed by atoms with Crippen LogP contribution in [0.3, 0.4) is 0 Å². The van der Waals surface area contributed by atoms with Gasteiger partial charge in [0.1, 0.15) is 0 Å². The summed E-state index contributed by atoms with van der Waals surface area (Å²) in [5.41, 5.74) is 6.76. The van der Waals surface area contributed by atoms with Crippen LogP contribution in [0, 0.1) is 29.6 Å². The molecule has 1 aromatic heterocycles. The predicted molar refractivity (Wildman–Crippen MR) is 96.6 cm³/mol. The summed E-state index contributed by atoms with van der Waals surface area (Å²) in [7, 11) is 0. The normalized spacial score (nSPS) is 32.1. The van der Waals surface area contributed by atoms with Gasteiger partial charge in [0, 0.05) is 10.3 Å². The fourth-order valence-corrected chi connectivity index (χ4v) is 6.41. The molecule has 0 aromatic carbocycles. The molecule has 1 aromatic rings. The number of carbonyl (C=O) groups is 3. The van der Waals surface area contributed by atoms with Crippen molar-refractivity contribution < 1.29 is 19.5 Å². The summed E-state index contributed by atoms with van der Waals surface area (Å²) in [6.45, 7) is 2.22. The molecule has 5 atom stereocenters. The highest BCUT2D eigenvalue weighted by molar-refractivity contribution is 7.10. The maximum absolute atomic E-state index is 12.6. The van der Waals surface area contributed by atoms with Crippen molar-refractivity contribution in [1.29, 1.82) is 0 Å². The number of hydrazine groups is 1. The summed E-state index contributed by atoms with van der Waals surface area (Å²) in [6, 6.07) is 0. The molecule has 2 amide bonds. The average Bonchev–Trinajstić information content (AvgIpc) is 3.32. The molecule has 2 bridgehead atoms. The first-order chi connectivity index (χ1) is 12.5. The Morgan fingerprint density at radius 3 is 2.58 bits per heavy atom. The second kappa shape index (κ2) is 6.68. The second-order valence-electron chi connectivity index (χ2n) is 8.07. The van der Waals surface area contributed by atoms with E-state index in [1.165, 1.54) is 4.88 Å². The molecule has 3 aliphatic rings. The molecule has 3 N–H and O–H groups in total. The van der Waals surface area contributed by atoms with Gasteiger partial charge in [-0.2, -0.15) is 0 Å². The predicted octanol–water partition coefficient (Wildman–Crippen LogP) is 2.38. The second-order valence-corrected chi connectivity index (χ2v) is 9.03. The summed E-state index contributed by atoms with van der Waals surface area (Å²) in [5.74, 6) is -1.88. The first-order valence-corrected chi connectivity index (χ1v) is 10.3. The summed E-state index contributed by atoms with van der Waals surface area (Å²) in [5, 5.41) is 11.3. The van der Waals surface area contributed by atoms with Crippen molar-refractivity contribution in [2.45, 2.75) is 45.4 Å². The molecule has 140 valence electrons. The number of hydrogen-bond acceptors (Lipinski definition) is 4. The summed E-state index contributed by atoms with van der Waals surface area (Å²) in [4.78, 5) is 37.9. The van der Waals surface area contributed by atoms with Crippen molar-refractivity contribution in [3.8, 4) is 0 Å². The third-order valence-electron chi connectivity index (χ3n) is 6.45. The van der Waals surface area contributed by atoms with Crippen LogP contribution in [-0.4, -0.2) is 22.9 Å². The van der Waals surface area contributed by atoms with E-state index in [0.29, 0.717) is 11.5 Å². The maximum Gasteiger partial charge on any atom is 0.307 e. The lowest BCUT2D eigenvalue weighted by molar-refractivity contribution is -0.149. The van der Waals surface area contributed by atoms with Crippen molar-refractivity contribution in [1.82, 2.24) is 10.9 Å². The molecule has 0 saturated heterocycles. The van der Waals surface area contributed by atoms with E-state index in [1.807, 2.05) is 5.38 Å². The Morgan fingerprint density at radius 2 is 1.85 bits per heavy atom. The number of aliphatic carboxylic acids is 1. The van der Waals surface area contributed by atoms with E-state index in [2.05, 4.69) is 17.8 Å². The number of nitrogens with one attached hydrogen (secondary N) is 2. The van der Waals surface area contributed by atoms with Crippen molar-refractivity contribution in [3.63, 3.8) is 0 Å². The highest BCUT2D eigenvalue weighted by Gasteiger charge is 2.54. The first kappa shape index (κ1) is 17.5. The molecule has 4 rings (SSSR count). The van der Waals surface area contributed by atoms with E-state index in [-0.39, 0.29) is 23.7 Å². The molecular formula is C19H24N2O4S. The molecule has 5 unspecified atom stereocenters. The topological polar surface area (TPSA) is 95.5 Å². The SMILES string of the molecule is CC1CCc2c(C(=O)NNC(=O)C3C4CCC(C4)C3C(=O)O)csc2C1. The van der Waals surface area contributed by atoms with E-state index >= 15 is 0 Å². The molecule has 2 fully saturated rings. The molecule has 0 radical (unpaired) electrons.